The van der Waals surface area contributed by atoms with Gasteiger partial charge in [0.25, 0.3) is 0 Å². The van der Waals surface area contributed by atoms with Crippen LogP contribution in [0.15, 0.2) is 140 Å². The summed E-state index contributed by atoms with van der Waals surface area (Å²) in [5.74, 6) is 0.0453. The number of esters is 2. The van der Waals surface area contributed by atoms with Crippen LogP contribution in [0.25, 0.3) is 10.9 Å². The van der Waals surface area contributed by atoms with Crippen LogP contribution in [0.5, 0.6) is 5.75 Å². The maximum absolute atomic E-state index is 13.0. The van der Waals surface area contributed by atoms with Crippen molar-refractivity contribution in [2.45, 2.75) is 58.1 Å². The molecule has 7 nitrogen and oxygen atoms in total. The Bertz CT molecular complexity index is 1940. The normalized spacial score (nSPS) is 11.1. The van der Waals surface area contributed by atoms with Crippen LogP contribution in [-0.4, -0.2) is 30.2 Å². The van der Waals surface area contributed by atoms with Crippen LogP contribution in [0.2, 0.25) is 0 Å². The Morgan fingerprint density at radius 3 is 1.83 bits per heavy atom. The van der Waals surface area contributed by atoms with Crippen LogP contribution in [0.4, 0.5) is 0 Å². The summed E-state index contributed by atoms with van der Waals surface area (Å²) >= 11 is 0. The Kier molecular flexibility index (Phi) is 13.0. The molecule has 268 valence electrons. The summed E-state index contributed by atoms with van der Waals surface area (Å²) in [6.07, 6.45) is 9.55. The number of nitrogens with zero attached hydrogens (tertiary/aromatic N) is 2. The van der Waals surface area contributed by atoms with Gasteiger partial charge in [-0.25, -0.2) is 14.2 Å². The predicted molar refractivity (Wildman–Crippen MR) is 205 cm³/mol. The highest BCUT2D eigenvalue weighted by Crippen LogP contribution is 2.42. The van der Waals surface area contributed by atoms with Crippen molar-refractivity contribution in [2.75, 3.05) is 13.7 Å². The molecule has 0 atom stereocenters. The quantitative estimate of drug-likeness (QED) is 0.0436. The van der Waals surface area contributed by atoms with Gasteiger partial charge in [-0.1, -0.05) is 124 Å². The number of pyridine rings is 1. The van der Waals surface area contributed by atoms with Crippen LogP contribution in [0.3, 0.4) is 0 Å². The van der Waals surface area contributed by atoms with Crippen molar-refractivity contribution in [1.29, 1.82) is 0 Å². The molecule has 2 aromatic heterocycles. The fourth-order valence-corrected chi connectivity index (χ4v) is 6.74. The molecule has 0 unspecified atom stereocenters. The minimum Gasteiger partial charge on any atom is -0.473 e. The van der Waals surface area contributed by atoms with Gasteiger partial charge in [-0.3, -0.25) is 0 Å². The van der Waals surface area contributed by atoms with E-state index < -0.39 is 5.60 Å². The maximum atomic E-state index is 13.0. The number of ether oxygens (including phenoxy) is 3. The molecule has 0 N–H and O–H groups in total. The lowest BCUT2D eigenvalue weighted by Crippen LogP contribution is -2.36. The lowest BCUT2D eigenvalue weighted by atomic mass is 9.80. The van der Waals surface area contributed by atoms with E-state index in [2.05, 4.69) is 41.0 Å². The van der Waals surface area contributed by atoms with Crippen LogP contribution >= 0.6 is 0 Å². The monoisotopic (exact) mass is 697 g/mol. The third-order valence-corrected chi connectivity index (χ3v) is 9.26. The molecule has 7 heteroatoms. The summed E-state index contributed by atoms with van der Waals surface area (Å²) in [5, 5.41) is 0.912. The molecule has 6 rings (SSSR count). The van der Waals surface area contributed by atoms with E-state index >= 15 is 0 Å². The van der Waals surface area contributed by atoms with Crippen LogP contribution in [-0.2, 0) is 28.7 Å². The van der Waals surface area contributed by atoms with E-state index in [1.165, 1.54) is 7.11 Å². The summed E-state index contributed by atoms with van der Waals surface area (Å²) in [4.78, 5) is 25.2. The second-order valence-electron chi connectivity index (χ2n) is 12.8. The highest BCUT2D eigenvalue weighted by molar-refractivity contribution is 5.96. The lowest BCUT2D eigenvalue weighted by molar-refractivity contribution is -0.671. The Balaban J connectivity index is 0.00000523. The molecule has 6 aromatic rings. The SMILES string of the molecule is C.COC(=O)c1cc2cc(OC(c3ccccc3)(c3ccccc3)c3ccccc3)ccc2n1CCCCCCCCOC(=O)c1ccc[n+](C)c1. The minimum absolute atomic E-state index is 0. The number of hydrogen-bond acceptors (Lipinski definition) is 5. The molecule has 0 fully saturated rings. The van der Waals surface area contributed by atoms with E-state index in [1.54, 1.807) is 12.3 Å². The molecule has 0 aliphatic carbocycles. The second kappa shape index (κ2) is 18.0. The summed E-state index contributed by atoms with van der Waals surface area (Å²) in [6, 6.07) is 42.4. The minimum atomic E-state index is -0.910. The number of carbonyl (C=O) groups is 2. The van der Waals surface area contributed by atoms with E-state index in [1.807, 2.05) is 103 Å². The first kappa shape index (κ1) is 37.6. The number of aromatic nitrogens is 2. The van der Waals surface area contributed by atoms with Crippen LogP contribution in [0, 0.1) is 0 Å². The number of fused-ring (bicyclic) bond motifs is 1. The van der Waals surface area contributed by atoms with Crippen molar-refractivity contribution in [3.8, 4) is 5.75 Å². The van der Waals surface area contributed by atoms with Gasteiger partial charge in [0, 0.05) is 40.2 Å². The van der Waals surface area contributed by atoms with Gasteiger partial charge in [0.2, 0.25) is 0 Å². The number of carbonyl (C=O) groups excluding carboxylic acids is 2. The number of hydrogen-bond donors (Lipinski definition) is 0. The smallest absolute Gasteiger partial charge is 0.354 e. The van der Waals surface area contributed by atoms with Gasteiger partial charge >= 0.3 is 11.9 Å². The van der Waals surface area contributed by atoms with Gasteiger partial charge in [-0.05, 0) is 43.2 Å². The first-order valence-electron chi connectivity index (χ1n) is 17.7. The topological polar surface area (TPSA) is 70.6 Å². The molecule has 52 heavy (non-hydrogen) atoms. The summed E-state index contributed by atoms with van der Waals surface area (Å²) in [5.41, 5.74) is 4.17. The standard InChI is InChI=1S/C44H45N2O5.CH4/c1-45-28-18-19-34(33-45)42(47)50-30-17-6-4-3-5-16-29-46-40-27-26-39(31-35(40)32-41(46)43(48)49-2)51-44(36-20-10-7-11-21-36,37-22-12-8-13-23-37)38-24-14-9-15-25-38;/h7-15,18-28,31-33H,3-6,16-17,29-30H2,1-2H3;1H4/q+1;. The Hall–Kier alpha value is -5.69. The average Bonchev–Trinajstić information content (AvgIpc) is 3.54. The molecule has 0 spiro atoms. The molecule has 0 saturated carbocycles. The van der Waals surface area contributed by atoms with Crippen molar-refractivity contribution in [2.24, 2.45) is 7.05 Å². The zero-order valence-electron chi connectivity index (χ0n) is 29.4. The van der Waals surface area contributed by atoms with Gasteiger partial charge in [0.1, 0.15) is 24.1 Å². The highest BCUT2D eigenvalue weighted by atomic mass is 16.5. The number of aryl methyl sites for hydroxylation is 2. The Labute approximate surface area is 307 Å². The summed E-state index contributed by atoms with van der Waals surface area (Å²) < 4.78 is 21.7. The molecule has 0 bridgehead atoms. The van der Waals surface area contributed by atoms with Gasteiger partial charge in [-0.2, -0.15) is 0 Å². The molecule has 0 saturated heterocycles. The fourth-order valence-electron chi connectivity index (χ4n) is 6.74. The van der Waals surface area contributed by atoms with Crippen molar-refractivity contribution < 1.29 is 28.4 Å². The molecule has 0 radical (unpaired) electrons. The Morgan fingerprint density at radius 1 is 0.673 bits per heavy atom. The third kappa shape index (κ3) is 8.60. The number of rotatable bonds is 16. The van der Waals surface area contributed by atoms with Gasteiger partial charge < -0.3 is 18.8 Å². The van der Waals surface area contributed by atoms with Crippen LogP contribution in [0.1, 0.15) is 83.5 Å². The number of unbranched alkanes of at least 4 members (excludes halogenated alkanes) is 5. The average molecular weight is 698 g/mol. The molecular formula is C45H49N2O5+. The highest BCUT2D eigenvalue weighted by Gasteiger charge is 2.39. The summed E-state index contributed by atoms with van der Waals surface area (Å²) in [6.45, 7) is 1.12. The lowest BCUT2D eigenvalue weighted by Gasteiger charge is -2.36. The molecule has 0 aliphatic rings. The van der Waals surface area contributed by atoms with E-state index in [-0.39, 0.29) is 19.4 Å². The first-order chi connectivity index (χ1) is 25.0. The molecule has 2 heterocycles. The zero-order valence-corrected chi connectivity index (χ0v) is 29.4. The zero-order chi connectivity index (χ0) is 35.5. The molecule has 0 aliphatic heterocycles. The second-order valence-corrected chi connectivity index (χ2v) is 12.8. The van der Waals surface area contributed by atoms with Crippen LogP contribution < -0.4 is 9.30 Å². The van der Waals surface area contributed by atoms with Crippen molar-refractivity contribution >= 4 is 22.8 Å². The largest absolute Gasteiger partial charge is 0.473 e. The molecule has 4 aromatic carbocycles. The number of benzene rings is 4. The van der Waals surface area contributed by atoms with Crippen molar-refractivity contribution in [3.05, 3.63) is 168 Å². The first-order valence-corrected chi connectivity index (χ1v) is 17.7. The van der Waals surface area contributed by atoms with Gasteiger partial charge in [-0.15, -0.1) is 0 Å². The molecule has 0 amide bonds. The van der Waals surface area contributed by atoms with Gasteiger partial charge in [0.05, 0.1) is 13.7 Å². The Morgan fingerprint density at radius 2 is 1.25 bits per heavy atom. The molecular weight excluding hydrogens is 649 g/mol. The van der Waals surface area contributed by atoms with Crippen molar-refractivity contribution in [1.82, 2.24) is 4.57 Å². The van der Waals surface area contributed by atoms with Crippen molar-refractivity contribution in [3.63, 3.8) is 0 Å². The summed E-state index contributed by atoms with van der Waals surface area (Å²) in [7, 11) is 3.30. The van der Waals surface area contributed by atoms with Gasteiger partial charge in [0.15, 0.2) is 18.0 Å². The predicted octanol–water partition coefficient (Wildman–Crippen LogP) is 9.46. The fraction of sp³-hybridized carbons (Fsp3) is 0.267. The van der Waals surface area contributed by atoms with E-state index in [0.717, 1.165) is 66.1 Å². The number of methoxy groups -OCH3 is 1. The third-order valence-electron chi connectivity index (χ3n) is 9.26. The maximum Gasteiger partial charge on any atom is 0.354 e. The van der Waals surface area contributed by atoms with E-state index in [9.17, 15) is 9.59 Å². The van der Waals surface area contributed by atoms with E-state index in [4.69, 9.17) is 14.2 Å². The van der Waals surface area contributed by atoms with E-state index in [0.29, 0.717) is 30.2 Å².